The number of hydrogen-bond acceptors (Lipinski definition) is 2. The smallest absolute Gasteiger partial charge is 0.246 e. The summed E-state index contributed by atoms with van der Waals surface area (Å²) in [5, 5.41) is 2.93. The van der Waals surface area contributed by atoms with Crippen LogP contribution in [0.5, 0.6) is 0 Å². The second-order valence-electron chi connectivity index (χ2n) is 7.54. The Labute approximate surface area is 122 Å². The normalized spacial score (nSPS) is 29.4. The molecule has 4 nitrogen and oxygen atoms in total. The molecule has 0 spiro atoms. The van der Waals surface area contributed by atoms with Gasteiger partial charge in [-0.25, -0.2) is 0 Å². The van der Waals surface area contributed by atoms with Crippen LogP contribution < -0.4 is 5.32 Å². The van der Waals surface area contributed by atoms with E-state index < -0.39 is 6.04 Å². The number of rotatable bonds is 4. The summed E-state index contributed by atoms with van der Waals surface area (Å²) < 4.78 is 0. The van der Waals surface area contributed by atoms with Gasteiger partial charge in [-0.15, -0.1) is 0 Å². The van der Waals surface area contributed by atoms with Gasteiger partial charge in [-0.3, -0.25) is 9.59 Å². The van der Waals surface area contributed by atoms with Gasteiger partial charge in [0.05, 0.1) is 0 Å². The lowest BCUT2D eigenvalue weighted by atomic mass is 9.83. The molecule has 2 aliphatic rings. The maximum atomic E-state index is 12.8. The van der Waals surface area contributed by atoms with E-state index in [9.17, 15) is 9.59 Å². The van der Waals surface area contributed by atoms with Crippen molar-refractivity contribution in [1.82, 2.24) is 10.2 Å². The number of nitrogens with one attached hydrogen (secondary N) is 1. The van der Waals surface area contributed by atoms with Crippen LogP contribution in [0, 0.1) is 17.3 Å². The van der Waals surface area contributed by atoms with Crippen molar-refractivity contribution < 1.29 is 9.59 Å². The Bertz CT molecular complexity index is 396. The number of piperazine rings is 1. The third-order valence-corrected chi connectivity index (χ3v) is 4.66. The highest BCUT2D eigenvalue weighted by Gasteiger charge is 2.45. The molecule has 0 aromatic rings. The van der Waals surface area contributed by atoms with Gasteiger partial charge in [0.1, 0.15) is 12.1 Å². The second-order valence-corrected chi connectivity index (χ2v) is 7.54. The maximum Gasteiger partial charge on any atom is 0.246 e. The lowest BCUT2D eigenvalue weighted by Gasteiger charge is -2.44. The van der Waals surface area contributed by atoms with Gasteiger partial charge in [0.25, 0.3) is 0 Å². The first-order valence-corrected chi connectivity index (χ1v) is 7.86. The van der Waals surface area contributed by atoms with E-state index in [0.717, 1.165) is 12.5 Å². The van der Waals surface area contributed by atoms with Crippen molar-refractivity contribution in [1.29, 1.82) is 0 Å². The van der Waals surface area contributed by atoms with Gasteiger partial charge in [-0.2, -0.15) is 0 Å². The Morgan fingerprint density at radius 1 is 1.30 bits per heavy atom. The molecule has 1 aliphatic heterocycles. The maximum absolute atomic E-state index is 12.8. The first kappa shape index (κ1) is 15.3. The van der Waals surface area contributed by atoms with Crippen molar-refractivity contribution >= 4 is 11.8 Å². The van der Waals surface area contributed by atoms with Gasteiger partial charge >= 0.3 is 0 Å². The van der Waals surface area contributed by atoms with Crippen LogP contribution in [0.3, 0.4) is 0 Å². The molecule has 2 amide bonds. The summed E-state index contributed by atoms with van der Waals surface area (Å²) >= 11 is 0. The molecule has 0 radical (unpaired) electrons. The molecule has 3 unspecified atom stereocenters. The van der Waals surface area contributed by atoms with E-state index in [1.807, 2.05) is 32.6 Å². The SMILES string of the molecule is CCC1C(=O)NC(C(C)(C)C)C(=O)N1CC(C)C1CC1. The fraction of sp³-hybridized carbons (Fsp3) is 0.875. The molecule has 2 rings (SSSR count). The van der Waals surface area contributed by atoms with Crippen LogP contribution in [-0.4, -0.2) is 35.3 Å². The van der Waals surface area contributed by atoms with E-state index >= 15 is 0 Å². The molecular weight excluding hydrogens is 252 g/mol. The molecule has 1 saturated heterocycles. The minimum Gasteiger partial charge on any atom is -0.342 e. The first-order chi connectivity index (χ1) is 9.25. The first-order valence-electron chi connectivity index (χ1n) is 7.86. The molecule has 1 saturated carbocycles. The standard InChI is InChI=1S/C16H28N2O2/c1-6-12-14(19)17-13(16(3,4)5)15(20)18(12)9-10(2)11-7-8-11/h10-13H,6-9H2,1-5H3,(H,17,19). The van der Waals surface area contributed by atoms with Crippen LogP contribution >= 0.6 is 0 Å². The topological polar surface area (TPSA) is 49.4 Å². The summed E-state index contributed by atoms with van der Waals surface area (Å²) in [5.41, 5.74) is -0.244. The van der Waals surface area contributed by atoms with E-state index in [0.29, 0.717) is 12.3 Å². The summed E-state index contributed by atoms with van der Waals surface area (Å²) in [5.74, 6) is 1.35. The van der Waals surface area contributed by atoms with Crippen LogP contribution in [0.4, 0.5) is 0 Å². The number of carbonyl (C=O) groups is 2. The highest BCUT2D eigenvalue weighted by molar-refractivity contribution is 5.97. The fourth-order valence-electron chi connectivity index (χ4n) is 3.10. The Balaban J connectivity index is 2.18. The molecule has 1 aliphatic carbocycles. The molecule has 1 N–H and O–H groups in total. The predicted octanol–water partition coefficient (Wildman–Crippen LogP) is 2.18. The number of hydrogen-bond donors (Lipinski definition) is 1. The molecule has 20 heavy (non-hydrogen) atoms. The van der Waals surface area contributed by atoms with E-state index in [-0.39, 0.29) is 23.3 Å². The molecule has 114 valence electrons. The Morgan fingerprint density at radius 2 is 1.90 bits per heavy atom. The molecule has 0 aromatic heterocycles. The Hall–Kier alpha value is -1.06. The summed E-state index contributed by atoms with van der Waals surface area (Å²) in [6.45, 7) is 10.9. The third kappa shape index (κ3) is 2.99. The van der Waals surface area contributed by atoms with Gasteiger partial charge < -0.3 is 10.2 Å². The number of nitrogens with zero attached hydrogens (tertiary/aromatic N) is 1. The van der Waals surface area contributed by atoms with Crippen molar-refractivity contribution in [3.63, 3.8) is 0 Å². The molecule has 4 heteroatoms. The quantitative estimate of drug-likeness (QED) is 0.858. The zero-order chi connectivity index (χ0) is 15.1. The van der Waals surface area contributed by atoms with Crippen LogP contribution in [0.25, 0.3) is 0 Å². The molecular formula is C16H28N2O2. The highest BCUT2D eigenvalue weighted by Crippen LogP contribution is 2.38. The second kappa shape index (κ2) is 5.38. The van der Waals surface area contributed by atoms with Crippen LogP contribution in [-0.2, 0) is 9.59 Å². The van der Waals surface area contributed by atoms with Crippen molar-refractivity contribution in [2.75, 3.05) is 6.54 Å². The number of amides is 2. The molecule has 2 fully saturated rings. The zero-order valence-electron chi connectivity index (χ0n) is 13.4. The van der Waals surface area contributed by atoms with E-state index in [4.69, 9.17) is 0 Å². The van der Waals surface area contributed by atoms with Crippen LogP contribution in [0.2, 0.25) is 0 Å². The zero-order valence-corrected chi connectivity index (χ0v) is 13.4. The summed E-state index contributed by atoms with van der Waals surface area (Å²) in [7, 11) is 0. The van der Waals surface area contributed by atoms with E-state index in [1.165, 1.54) is 12.8 Å². The lowest BCUT2D eigenvalue weighted by Crippen LogP contribution is -2.66. The number of carbonyl (C=O) groups excluding carboxylic acids is 2. The summed E-state index contributed by atoms with van der Waals surface area (Å²) in [6.07, 6.45) is 3.23. The average molecular weight is 280 g/mol. The molecule has 1 heterocycles. The lowest BCUT2D eigenvalue weighted by molar-refractivity contribution is -0.153. The summed E-state index contributed by atoms with van der Waals surface area (Å²) in [6, 6.07) is -0.688. The predicted molar refractivity (Wildman–Crippen MR) is 79.1 cm³/mol. The molecule has 3 atom stereocenters. The highest BCUT2D eigenvalue weighted by atomic mass is 16.2. The Morgan fingerprint density at radius 3 is 2.35 bits per heavy atom. The van der Waals surface area contributed by atoms with Crippen molar-refractivity contribution in [3.05, 3.63) is 0 Å². The van der Waals surface area contributed by atoms with E-state index in [1.54, 1.807) is 0 Å². The van der Waals surface area contributed by atoms with E-state index in [2.05, 4.69) is 12.2 Å². The molecule has 0 aromatic carbocycles. The average Bonchev–Trinajstić information content (AvgIpc) is 3.16. The minimum atomic E-state index is -0.399. The van der Waals surface area contributed by atoms with Gasteiger partial charge in [-0.05, 0) is 36.5 Å². The van der Waals surface area contributed by atoms with Crippen molar-refractivity contribution in [2.45, 2.75) is 66.0 Å². The largest absolute Gasteiger partial charge is 0.342 e. The van der Waals surface area contributed by atoms with Crippen LogP contribution in [0.1, 0.15) is 53.9 Å². The molecule has 0 bridgehead atoms. The van der Waals surface area contributed by atoms with Crippen molar-refractivity contribution in [3.8, 4) is 0 Å². The van der Waals surface area contributed by atoms with Gasteiger partial charge in [-0.1, -0.05) is 34.6 Å². The fourth-order valence-corrected chi connectivity index (χ4v) is 3.10. The van der Waals surface area contributed by atoms with Crippen LogP contribution in [0.15, 0.2) is 0 Å². The van der Waals surface area contributed by atoms with Crippen molar-refractivity contribution in [2.24, 2.45) is 17.3 Å². The monoisotopic (exact) mass is 280 g/mol. The summed E-state index contributed by atoms with van der Waals surface area (Å²) in [4.78, 5) is 26.9. The van der Waals surface area contributed by atoms with Gasteiger partial charge in [0.2, 0.25) is 11.8 Å². The minimum absolute atomic E-state index is 0.00928. The van der Waals surface area contributed by atoms with Gasteiger partial charge in [0.15, 0.2) is 0 Å². The Kier molecular flexibility index (Phi) is 4.12. The third-order valence-electron chi connectivity index (χ3n) is 4.66. The van der Waals surface area contributed by atoms with Gasteiger partial charge in [0, 0.05) is 6.54 Å².